The number of aromatic nitrogens is 3. The Morgan fingerprint density at radius 2 is 1.88 bits per heavy atom. The lowest BCUT2D eigenvalue weighted by Crippen LogP contribution is -2.49. The number of benzene rings is 2. The van der Waals surface area contributed by atoms with Crippen LogP contribution in [0.3, 0.4) is 0 Å². The average Bonchev–Trinajstić information content (AvgIpc) is 3.56. The summed E-state index contributed by atoms with van der Waals surface area (Å²) < 4.78 is 5.69. The van der Waals surface area contributed by atoms with Crippen LogP contribution in [0.4, 0.5) is 4.79 Å². The van der Waals surface area contributed by atoms with Crippen LogP contribution in [0.15, 0.2) is 70.4 Å². The number of rotatable bonds is 7. The van der Waals surface area contributed by atoms with Gasteiger partial charge in [0.1, 0.15) is 5.54 Å². The Labute approximate surface area is 198 Å². The number of hydrazine groups is 1. The highest BCUT2D eigenvalue weighted by Crippen LogP contribution is 2.32. The van der Waals surface area contributed by atoms with Crippen LogP contribution in [0, 0.1) is 0 Å². The quantitative estimate of drug-likeness (QED) is 0.275. The second kappa shape index (κ2) is 8.67. The third-order valence-corrected chi connectivity index (χ3v) is 6.50. The van der Waals surface area contributed by atoms with Crippen molar-refractivity contribution in [1.82, 2.24) is 30.9 Å². The molecule has 0 radical (unpaired) electrons. The maximum atomic E-state index is 13.1. The van der Waals surface area contributed by atoms with E-state index in [9.17, 15) is 14.4 Å². The molecule has 11 heteroatoms. The molecule has 1 aliphatic heterocycles. The minimum absolute atomic E-state index is 0.128. The molecule has 2 aromatic carbocycles. The monoisotopic (exact) mass is 476 g/mol. The van der Waals surface area contributed by atoms with Crippen LogP contribution >= 0.6 is 11.8 Å². The third-order valence-electron chi connectivity index (χ3n) is 5.68. The first kappa shape index (κ1) is 21.7. The molecule has 0 bridgehead atoms. The number of hydrogen-bond acceptors (Lipinski definition) is 7. The minimum Gasteiger partial charge on any atom is -0.411 e. The number of aromatic amines is 1. The van der Waals surface area contributed by atoms with Crippen molar-refractivity contribution in [2.45, 2.75) is 24.1 Å². The summed E-state index contributed by atoms with van der Waals surface area (Å²) in [6, 6.07) is 16.0. The molecule has 34 heavy (non-hydrogen) atoms. The van der Waals surface area contributed by atoms with E-state index < -0.39 is 23.4 Å². The highest BCUT2D eigenvalue weighted by Gasteiger charge is 2.52. The van der Waals surface area contributed by atoms with Crippen molar-refractivity contribution in [3.63, 3.8) is 0 Å². The molecule has 2 aromatic heterocycles. The Morgan fingerprint density at radius 1 is 1.12 bits per heavy atom. The number of para-hydroxylation sites is 1. The molecule has 0 unspecified atom stereocenters. The molecule has 0 aliphatic carbocycles. The van der Waals surface area contributed by atoms with Crippen molar-refractivity contribution in [3.8, 4) is 11.5 Å². The van der Waals surface area contributed by atoms with E-state index in [0.717, 1.165) is 33.2 Å². The van der Waals surface area contributed by atoms with Crippen molar-refractivity contribution in [3.05, 3.63) is 66.4 Å². The van der Waals surface area contributed by atoms with Crippen molar-refractivity contribution in [2.24, 2.45) is 0 Å². The summed E-state index contributed by atoms with van der Waals surface area (Å²) in [5, 5.41) is 12.6. The van der Waals surface area contributed by atoms with Gasteiger partial charge < -0.3 is 14.7 Å². The number of carbonyl (C=O) groups excluding carboxylic acids is 3. The van der Waals surface area contributed by atoms with Crippen LogP contribution < -0.4 is 10.7 Å². The fraction of sp³-hybridized carbons (Fsp3) is 0.174. The van der Waals surface area contributed by atoms with Gasteiger partial charge >= 0.3 is 6.03 Å². The van der Waals surface area contributed by atoms with Gasteiger partial charge in [-0.25, -0.2) is 4.79 Å². The molecule has 1 atom stereocenters. The molecule has 5 rings (SSSR count). The Hall–Kier alpha value is -4.12. The molecule has 1 aliphatic rings. The number of urea groups is 1. The lowest BCUT2D eigenvalue weighted by atomic mass is 9.87. The van der Waals surface area contributed by atoms with E-state index in [0.29, 0.717) is 17.9 Å². The van der Waals surface area contributed by atoms with Gasteiger partial charge in [0.05, 0.1) is 11.3 Å². The molecule has 172 valence electrons. The maximum Gasteiger partial charge on any atom is 0.344 e. The number of fused-ring (bicyclic) bond motifs is 1. The summed E-state index contributed by atoms with van der Waals surface area (Å²) in [5.41, 5.74) is 3.51. The molecule has 1 fully saturated rings. The van der Waals surface area contributed by atoms with Crippen LogP contribution in [0.2, 0.25) is 0 Å². The maximum absolute atomic E-state index is 13.1. The van der Waals surface area contributed by atoms with Crippen LogP contribution in [0.1, 0.15) is 18.9 Å². The number of nitrogens with zero attached hydrogens (tertiary/aromatic N) is 3. The summed E-state index contributed by atoms with van der Waals surface area (Å²) in [4.78, 5) is 41.3. The molecule has 1 saturated heterocycles. The van der Waals surface area contributed by atoms with Gasteiger partial charge in [0, 0.05) is 17.1 Å². The SMILES string of the molecule is CC[C@]1(c2ccccc2)NC(=O)N(NC(=O)CSc2nnc(-c3c[nH]c4ccccc34)o2)C1=O. The van der Waals surface area contributed by atoms with Gasteiger partial charge in [-0.1, -0.05) is 67.2 Å². The van der Waals surface area contributed by atoms with E-state index >= 15 is 0 Å². The molecule has 3 N–H and O–H groups in total. The van der Waals surface area contributed by atoms with Crippen LogP contribution in [0.25, 0.3) is 22.4 Å². The number of H-pyrrole nitrogens is 1. The van der Waals surface area contributed by atoms with Crippen molar-refractivity contribution >= 4 is 40.5 Å². The van der Waals surface area contributed by atoms with Gasteiger partial charge in [-0.2, -0.15) is 5.01 Å². The van der Waals surface area contributed by atoms with Gasteiger partial charge in [-0.15, -0.1) is 10.2 Å². The molecule has 4 amide bonds. The molecular weight excluding hydrogens is 456 g/mol. The van der Waals surface area contributed by atoms with E-state index in [2.05, 4.69) is 25.9 Å². The number of nitrogens with one attached hydrogen (secondary N) is 3. The normalized spacial score (nSPS) is 17.9. The fourth-order valence-electron chi connectivity index (χ4n) is 3.95. The fourth-order valence-corrected chi connectivity index (χ4v) is 4.50. The number of thioether (sulfide) groups is 1. The summed E-state index contributed by atoms with van der Waals surface area (Å²) in [7, 11) is 0. The van der Waals surface area contributed by atoms with E-state index in [1.807, 2.05) is 30.3 Å². The van der Waals surface area contributed by atoms with E-state index in [4.69, 9.17) is 4.42 Å². The zero-order valence-corrected chi connectivity index (χ0v) is 18.9. The first-order valence-corrected chi connectivity index (χ1v) is 11.5. The van der Waals surface area contributed by atoms with Gasteiger partial charge in [0.15, 0.2) is 0 Å². The predicted molar refractivity (Wildman–Crippen MR) is 124 cm³/mol. The lowest BCUT2D eigenvalue weighted by molar-refractivity contribution is -0.138. The first-order chi connectivity index (χ1) is 16.5. The van der Waals surface area contributed by atoms with E-state index in [1.165, 1.54) is 0 Å². The topological polar surface area (TPSA) is 133 Å². The molecule has 3 heterocycles. The second-order valence-corrected chi connectivity index (χ2v) is 8.57. The lowest BCUT2D eigenvalue weighted by Gasteiger charge is -2.25. The number of carbonyl (C=O) groups is 3. The first-order valence-electron chi connectivity index (χ1n) is 10.6. The Bertz CT molecular complexity index is 1380. The number of imide groups is 1. The van der Waals surface area contributed by atoms with Crippen molar-refractivity contribution in [1.29, 1.82) is 0 Å². The van der Waals surface area contributed by atoms with E-state index in [1.54, 1.807) is 37.4 Å². The summed E-state index contributed by atoms with van der Waals surface area (Å²) >= 11 is 1.01. The Kier molecular flexibility index (Phi) is 5.54. The molecule has 0 saturated carbocycles. The van der Waals surface area contributed by atoms with Crippen LogP contribution in [-0.2, 0) is 15.1 Å². The zero-order chi connectivity index (χ0) is 23.7. The minimum atomic E-state index is -1.22. The summed E-state index contributed by atoms with van der Waals surface area (Å²) in [6.45, 7) is 1.80. The smallest absolute Gasteiger partial charge is 0.344 e. The van der Waals surface area contributed by atoms with E-state index in [-0.39, 0.29) is 11.0 Å². The van der Waals surface area contributed by atoms with Crippen LogP contribution in [-0.4, -0.2) is 43.8 Å². The predicted octanol–water partition coefficient (Wildman–Crippen LogP) is 3.20. The molecule has 10 nitrogen and oxygen atoms in total. The van der Waals surface area contributed by atoms with Gasteiger partial charge in [0.25, 0.3) is 17.0 Å². The van der Waals surface area contributed by atoms with Crippen molar-refractivity contribution < 1.29 is 18.8 Å². The van der Waals surface area contributed by atoms with Crippen LogP contribution in [0.5, 0.6) is 0 Å². The number of hydrogen-bond donors (Lipinski definition) is 3. The largest absolute Gasteiger partial charge is 0.411 e. The highest BCUT2D eigenvalue weighted by molar-refractivity contribution is 7.99. The summed E-state index contributed by atoms with van der Waals surface area (Å²) in [6.07, 6.45) is 2.12. The third kappa shape index (κ3) is 3.69. The second-order valence-electron chi connectivity index (χ2n) is 7.64. The Balaban J connectivity index is 1.24. The number of amides is 4. The molecular formula is C23H20N6O4S. The van der Waals surface area contributed by atoms with Gasteiger partial charge in [0.2, 0.25) is 5.91 Å². The standard InChI is InChI=1S/C23H20N6O4S/c1-2-23(14-8-4-3-5-9-14)20(31)29(21(32)25-23)28-18(30)13-34-22-27-26-19(33-22)16-12-24-17-11-7-6-10-15(16)17/h3-12,24H,2,13H2,1H3,(H,25,32)(H,28,30)/t23-/m1/s1. The highest BCUT2D eigenvalue weighted by atomic mass is 32.2. The van der Waals surface area contributed by atoms with Crippen molar-refractivity contribution in [2.75, 3.05) is 5.75 Å². The van der Waals surface area contributed by atoms with Gasteiger partial charge in [-0.05, 0) is 18.1 Å². The molecule has 0 spiro atoms. The zero-order valence-electron chi connectivity index (χ0n) is 18.1. The summed E-state index contributed by atoms with van der Waals surface area (Å²) in [5.74, 6) is -0.897. The molecule has 4 aromatic rings. The average molecular weight is 477 g/mol. The Morgan fingerprint density at radius 3 is 2.68 bits per heavy atom. The van der Waals surface area contributed by atoms with Gasteiger partial charge in [-0.3, -0.25) is 15.0 Å².